The molecule has 0 spiro atoms. The van der Waals surface area contributed by atoms with Gasteiger partial charge in [-0.05, 0) is 43.8 Å². The molecule has 0 saturated heterocycles. The van der Waals surface area contributed by atoms with Crippen molar-refractivity contribution < 1.29 is 19.1 Å². The van der Waals surface area contributed by atoms with Gasteiger partial charge in [0.15, 0.2) is 6.10 Å². The van der Waals surface area contributed by atoms with E-state index < -0.39 is 23.9 Å². The van der Waals surface area contributed by atoms with Crippen molar-refractivity contribution in [2.24, 2.45) is 5.73 Å². The molecule has 3 N–H and O–H groups in total. The van der Waals surface area contributed by atoms with E-state index >= 15 is 0 Å². The Bertz CT molecular complexity index is 1220. The minimum absolute atomic E-state index is 0.336. The number of para-hydroxylation sites is 1. The van der Waals surface area contributed by atoms with Gasteiger partial charge in [-0.15, -0.1) is 0 Å². The fraction of sp³-hybridized carbons (Fsp3) is 0.280. The number of likely N-dealkylation sites (N-methyl/N-ethyl adjacent to an activating group) is 1. The van der Waals surface area contributed by atoms with Gasteiger partial charge in [0.1, 0.15) is 0 Å². The van der Waals surface area contributed by atoms with Crippen LogP contribution in [-0.2, 0) is 22.5 Å². The first kappa shape index (κ1) is 22.4. The third-order valence-electron chi connectivity index (χ3n) is 5.87. The van der Waals surface area contributed by atoms with Gasteiger partial charge >= 0.3 is 5.97 Å². The average molecular weight is 447 g/mol. The molecule has 4 rings (SSSR count). The molecule has 3 aromatic rings. The number of nitrogens with one attached hydrogen (secondary N) is 1. The maximum Gasteiger partial charge on any atom is 0.339 e. The molecule has 2 amide bonds. The molecule has 1 unspecified atom stereocenters. The second-order valence-corrected chi connectivity index (χ2v) is 8.03. The van der Waals surface area contributed by atoms with E-state index in [1.54, 1.807) is 12.1 Å². The Morgan fingerprint density at radius 1 is 1.15 bits per heavy atom. The Morgan fingerprint density at radius 3 is 2.58 bits per heavy atom. The summed E-state index contributed by atoms with van der Waals surface area (Å²) < 4.78 is 5.60. The highest BCUT2D eigenvalue weighted by Gasteiger charge is 2.28. The van der Waals surface area contributed by atoms with E-state index in [9.17, 15) is 14.4 Å². The molecule has 1 aromatic heterocycles. The molecule has 8 heteroatoms. The highest BCUT2D eigenvalue weighted by atomic mass is 16.5. The van der Waals surface area contributed by atoms with Crippen molar-refractivity contribution in [2.45, 2.75) is 32.9 Å². The molecule has 0 radical (unpaired) electrons. The number of hydrogen-bond donors (Lipinski definition) is 2. The lowest BCUT2D eigenvalue weighted by Gasteiger charge is -2.29. The summed E-state index contributed by atoms with van der Waals surface area (Å²) in [6.07, 6.45) is -0.271. The molecule has 2 aromatic carbocycles. The van der Waals surface area contributed by atoms with Crippen LogP contribution in [0, 0.1) is 0 Å². The zero-order valence-electron chi connectivity index (χ0n) is 18.6. The van der Waals surface area contributed by atoms with Crippen LogP contribution in [-0.4, -0.2) is 46.9 Å². The maximum atomic E-state index is 13.3. The Balaban J connectivity index is 1.57. The minimum Gasteiger partial charge on any atom is -0.449 e. The molecule has 33 heavy (non-hydrogen) atoms. The zero-order chi connectivity index (χ0) is 23.5. The van der Waals surface area contributed by atoms with Crippen molar-refractivity contribution in [3.8, 4) is 0 Å². The van der Waals surface area contributed by atoms with Crippen molar-refractivity contribution in [3.63, 3.8) is 0 Å². The minimum atomic E-state index is -1.03. The van der Waals surface area contributed by atoms with Crippen molar-refractivity contribution in [2.75, 3.05) is 18.4 Å². The van der Waals surface area contributed by atoms with Gasteiger partial charge in [-0.1, -0.05) is 25.1 Å². The fourth-order valence-corrected chi connectivity index (χ4v) is 3.98. The molecule has 2 heterocycles. The number of amides is 2. The van der Waals surface area contributed by atoms with Gasteiger partial charge in [0, 0.05) is 47.4 Å². The summed E-state index contributed by atoms with van der Waals surface area (Å²) in [7, 11) is 0. The summed E-state index contributed by atoms with van der Waals surface area (Å²) in [5.41, 5.74) is 9.01. The molecule has 170 valence electrons. The van der Waals surface area contributed by atoms with Gasteiger partial charge < -0.3 is 15.8 Å². The zero-order valence-corrected chi connectivity index (χ0v) is 18.6. The molecule has 1 aliphatic heterocycles. The van der Waals surface area contributed by atoms with Crippen molar-refractivity contribution in [1.29, 1.82) is 0 Å². The van der Waals surface area contributed by atoms with Crippen LogP contribution in [0.3, 0.4) is 0 Å². The third-order valence-corrected chi connectivity index (χ3v) is 5.87. The first-order chi connectivity index (χ1) is 15.9. The predicted octanol–water partition coefficient (Wildman–Crippen LogP) is 2.90. The van der Waals surface area contributed by atoms with E-state index in [0.29, 0.717) is 28.7 Å². The standard InChI is InChI=1S/C25H26N4O4/c1-3-29-13-12-21-19(14-29)22(18-6-4-5-7-20(18)28-21)25(32)33-15(2)24(31)27-17-10-8-16(9-11-17)23(26)30/h4-11,15H,3,12-14H2,1-2H3,(H2,26,30)(H,27,31). The number of ether oxygens (including phenoxy) is 1. The normalized spacial score (nSPS) is 14.4. The first-order valence-electron chi connectivity index (χ1n) is 10.9. The monoisotopic (exact) mass is 446 g/mol. The largest absolute Gasteiger partial charge is 0.449 e. The van der Waals surface area contributed by atoms with Gasteiger partial charge in [0.05, 0.1) is 11.1 Å². The summed E-state index contributed by atoms with van der Waals surface area (Å²) in [5, 5.41) is 3.41. The number of aromatic nitrogens is 1. The third kappa shape index (κ3) is 4.70. The van der Waals surface area contributed by atoms with Crippen LogP contribution in [0.4, 0.5) is 5.69 Å². The quantitative estimate of drug-likeness (QED) is 0.563. The van der Waals surface area contributed by atoms with Crippen LogP contribution in [0.1, 0.15) is 45.8 Å². The summed E-state index contributed by atoms with van der Waals surface area (Å²) >= 11 is 0. The molecule has 1 aliphatic rings. The second kappa shape index (κ2) is 9.38. The highest BCUT2D eigenvalue weighted by molar-refractivity contribution is 6.06. The van der Waals surface area contributed by atoms with Crippen molar-refractivity contribution in [3.05, 3.63) is 70.9 Å². The highest BCUT2D eigenvalue weighted by Crippen LogP contribution is 2.29. The van der Waals surface area contributed by atoms with Crippen LogP contribution in [0.25, 0.3) is 10.9 Å². The molecule has 0 fully saturated rings. The number of pyridine rings is 1. The van der Waals surface area contributed by atoms with Crippen LogP contribution in [0.2, 0.25) is 0 Å². The number of hydrogen-bond acceptors (Lipinski definition) is 6. The van der Waals surface area contributed by atoms with Gasteiger partial charge in [-0.25, -0.2) is 4.79 Å². The van der Waals surface area contributed by atoms with Gasteiger partial charge in [0.2, 0.25) is 5.91 Å². The topological polar surface area (TPSA) is 115 Å². The van der Waals surface area contributed by atoms with E-state index in [4.69, 9.17) is 15.5 Å². The molecular formula is C25H26N4O4. The fourth-order valence-electron chi connectivity index (χ4n) is 3.98. The van der Waals surface area contributed by atoms with E-state index in [1.807, 2.05) is 24.3 Å². The summed E-state index contributed by atoms with van der Waals surface area (Å²) in [5.74, 6) is -1.57. The number of carbonyl (C=O) groups excluding carboxylic acids is 3. The van der Waals surface area contributed by atoms with Crippen LogP contribution < -0.4 is 11.1 Å². The molecule has 0 bridgehead atoms. The lowest BCUT2D eigenvalue weighted by molar-refractivity contribution is -0.123. The lowest BCUT2D eigenvalue weighted by atomic mass is 9.95. The van der Waals surface area contributed by atoms with Crippen LogP contribution >= 0.6 is 0 Å². The number of esters is 1. The second-order valence-electron chi connectivity index (χ2n) is 8.03. The predicted molar refractivity (Wildman–Crippen MR) is 125 cm³/mol. The van der Waals surface area contributed by atoms with Crippen molar-refractivity contribution >= 4 is 34.4 Å². The number of nitrogens with zero attached hydrogens (tertiary/aromatic N) is 2. The first-order valence-corrected chi connectivity index (χ1v) is 10.9. The Kier molecular flexibility index (Phi) is 6.37. The smallest absolute Gasteiger partial charge is 0.339 e. The molecule has 0 saturated carbocycles. The molecule has 0 aliphatic carbocycles. The number of fused-ring (bicyclic) bond motifs is 2. The van der Waals surface area contributed by atoms with Crippen molar-refractivity contribution in [1.82, 2.24) is 9.88 Å². The number of rotatable bonds is 6. The Hall–Kier alpha value is -3.78. The van der Waals surface area contributed by atoms with Crippen LogP contribution in [0.15, 0.2) is 48.5 Å². The molecule has 1 atom stereocenters. The Morgan fingerprint density at radius 2 is 1.88 bits per heavy atom. The maximum absolute atomic E-state index is 13.3. The lowest BCUT2D eigenvalue weighted by Crippen LogP contribution is -2.34. The number of carbonyl (C=O) groups is 3. The van der Waals surface area contributed by atoms with E-state index in [1.165, 1.54) is 19.1 Å². The van der Waals surface area contributed by atoms with E-state index in [0.717, 1.165) is 36.3 Å². The number of benzene rings is 2. The van der Waals surface area contributed by atoms with Gasteiger partial charge in [-0.2, -0.15) is 0 Å². The summed E-state index contributed by atoms with van der Waals surface area (Å²) in [4.78, 5) is 44.2. The van der Waals surface area contributed by atoms with E-state index in [2.05, 4.69) is 17.1 Å². The number of primary amides is 1. The van der Waals surface area contributed by atoms with Crippen LogP contribution in [0.5, 0.6) is 0 Å². The SMILES string of the molecule is CCN1CCc2nc3ccccc3c(C(=O)OC(C)C(=O)Nc3ccc(C(N)=O)cc3)c2C1. The Labute approximate surface area is 191 Å². The molecule has 8 nitrogen and oxygen atoms in total. The average Bonchev–Trinajstić information content (AvgIpc) is 2.82. The molecular weight excluding hydrogens is 420 g/mol. The number of anilines is 1. The van der Waals surface area contributed by atoms with Gasteiger partial charge in [0.25, 0.3) is 5.91 Å². The number of nitrogens with two attached hydrogens (primary N) is 1. The van der Waals surface area contributed by atoms with E-state index in [-0.39, 0.29) is 0 Å². The summed E-state index contributed by atoms with van der Waals surface area (Å²) in [6, 6.07) is 13.7. The van der Waals surface area contributed by atoms with Gasteiger partial charge in [-0.3, -0.25) is 19.5 Å². The summed E-state index contributed by atoms with van der Waals surface area (Å²) in [6.45, 7) is 5.98.